The van der Waals surface area contributed by atoms with Gasteiger partial charge < -0.3 is 35.2 Å². The molecule has 0 aromatic heterocycles. The van der Waals surface area contributed by atoms with E-state index in [1.54, 1.807) is 35.5 Å². The smallest absolute Gasteiger partial charge is 0.320 e. The van der Waals surface area contributed by atoms with Crippen LogP contribution in [0.15, 0.2) is 0 Å². The van der Waals surface area contributed by atoms with Crippen molar-refractivity contribution in [1.29, 1.82) is 0 Å². The topological polar surface area (TPSA) is 188 Å². The van der Waals surface area contributed by atoms with Gasteiger partial charge in [-0.05, 0) is 41.5 Å². The Labute approximate surface area is 303 Å². The van der Waals surface area contributed by atoms with Crippen molar-refractivity contribution in [1.82, 2.24) is 40.0 Å². The molecule has 0 aromatic rings. The zero-order valence-electron chi connectivity index (χ0n) is 31.8. The summed E-state index contributed by atoms with van der Waals surface area (Å²) in [7, 11) is 0. The summed E-state index contributed by atoms with van der Waals surface area (Å²) in [5.74, 6) is -2.78. The molecule has 0 bridgehead atoms. The van der Waals surface area contributed by atoms with Crippen molar-refractivity contribution in [3.63, 3.8) is 0 Å². The number of rotatable bonds is 10. The maximum absolute atomic E-state index is 14.0. The van der Waals surface area contributed by atoms with E-state index in [4.69, 9.17) is 9.47 Å². The second-order valence-electron chi connectivity index (χ2n) is 15.2. The van der Waals surface area contributed by atoms with Crippen LogP contribution in [-0.2, 0) is 33.4 Å². The molecule has 2 aliphatic rings. The van der Waals surface area contributed by atoms with Crippen molar-refractivity contribution in [3.05, 3.63) is 0 Å². The van der Waals surface area contributed by atoms with Gasteiger partial charge in [0.25, 0.3) is 0 Å². The first-order chi connectivity index (χ1) is 23.9. The fourth-order valence-electron chi connectivity index (χ4n) is 5.77. The molecule has 2 rings (SSSR count). The third kappa shape index (κ3) is 21.3. The summed E-state index contributed by atoms with van der Waals surface area (Å²) < 4.78 is 11.1. The quantitative estimate of drug-likeness (QED) is 0.188. The Balaban J connectivity index is 2.24. The first kappa shape index (κ1) is 44.2. The van der Waals surface area contributed by atoms with Crippen LogP contribution in [0.2, 0.25) is 0 Å². The van der Waals surface area contributed by atoms with E-state index >= 15 is 0 Å². The van der Waals surface area contributed by atoms with Crippen molar-refractivity contribution in [2.75, 3.05) is 137 Å². The van der Waals surface area contributed by atoms with E-state index < -0.39 is 29.1 Å². The lowest BCUT2D eigenvalue weighted by atomic mass is 10.2. The zero-order chi connectivity index (χ0) is 38.0. The van der Waals surface area contributed by atoms with Gasteiger partial charge in [-0.3, -0.25) is 48.5 Å². The van der Waals surface area contributed by atoms with Gasteiger partial charge in [0, 0.05) is 105 Å². The number of nitrogens with zero attached hydrogens (tertiary/aromatic N) is 6. The Kier molecular flexibility index (Phi) is 19.3. The second kappa shape index (κ2) is 22.2. The number of carboxylic acid groups (broad SMARTS) is 2. The highest BCUT2D eigenvalue weighted by Crippen LogP contribution is 2.10. The standard InChI is InChI=1S/C34H64N8O9/c1-33(2,3)50-31(48)26-37-11-9-35-7-8-36-10-12-42(22-21-37)28(43)23-38-13-15-39(24-29(44)45)16-17-40(25-30(46)47)18-20-41(19-14-38)27-32(49)51-34(4,5)6/h35-36H,7-27H2,1-6H3,(H,44,45)(H,46,47). The maximum atomic E-state index is 14.0. The highest BCUT2D eigenvalue weighted by Gasteiger charge is 2.26. The van der Waals surface area contributed by atoms with Gasteiger partial charge in [-0.1, -0.05) is 0 Å². The number of ether oxygens (including phenoxy) is 2. The fourth-order valence-corrected chi connectivity index (χ4v) is 5.77. The molecule has 0 aromatic carbocycles. The molecule has 0 aliphatic carbocycles. The molecule has 0 spiro atoms. The summed E-state index contributed by atoms with van der Waals surface area (Å²) in [5.41, 5.74) is -1.27. The largest absolute Gasteiger partial charge is 0.480 e. The van der Waals surface area contributed by atoms with Crippen molar-refractivity contribution < 1.29 is 43.7 Å². The van der Waals surface area contributed by atoms with Crippen LogP contribution < -0.4 is 10.6 Å². The molecule has 0 unspecified atom stereocenters. The van der Waals surface area contributed by atoms with Crippen molar-refractivity contribution >= 4 is 29.8 Å². The van der Waals surface area contributed by atoms with Crippen molar-refractivity contribution in [3.8, 4) is 0 Å². The van der Waals surface area contributed by atoms with E-state index in [9.17, 15) is 34.2 Å². The van der Waals surface area contributed by atoms with E-state index in [2.05, 4.69) is 10.6 Å². The Morgan fingerprint density at radius 3 is 1.20 bits per heavy atom. The number of nitrogens with one attached hydrogen (secondary N) is 2. The number of carbonyl (C=O) groups excluding carboxylic acids is 3. The molecule has 51 heavy (non-hydrogen) atoms. The van der Waals surface area contributed by atoms with Gasteiger partial charge in [0.15, 0.2) is 0 Å². The lowest BCUT2D eigenvalue weighted by molar-refractivity contribution is -0.157. The average molecular weight is 729 g/mol. The molecular weight excluding hydrogens is 664 g/mol. The van der Waals surface area contributed by atoms with Gasteiger partial charge in [-0.15, -0.1) is 0 Å². The lowest BCUT2D eigenvalue weighted by Crippen LogP contribution is -2.52. The fraction of sp³-hybridized carbons (Fsp3) is 0.853. The first-order valence-electron chi connectivity index (χ1n) is 18.1. The van der Waals surface area contributed by atoms with E-state index in [1.165, 1.54) is 0 Å². The third-order valence-electron chi connectivity index (χ3n) is 8.23. The summed E-state index contributed by atoms with van der Waals surface area (Å²) in [6.45, 7) is 18.4. The van der Waals surface area contributed by atoms with E-state index in [1.807, 2.05) is 35.5 Å². The van der Waals surface area contributed by atoms with Gasteiger partial charge in [0.05, 0.1) is 32.7 Å². The Morgan fingerprint density at radius 1 is 0.471 bits per heavy atom. The van der Waals surface area contributed by atoms with Gasteiger partial charge >= 0.3 is 23.9 Å². The Morgan fingerprint density at radius 2 is 0.804 bits per heavy atom. The summed E-state index contributed by atoms with van der Waals surface area (Å²) in [4.78, 5) is 74.0. The SMILES string of the molecule is CC(C)(C)OC(=O)CN1CCN(CC(=O)O)CCN(CC(=O)O)CCN(CC(=O)N2CCNCCNCCN(CC(=O)OC(C)(C)C)CC2)CC1. The van der Waals surface area contributed by atoms with Crippen molar-refractivity contribution in [2.24, 2.45) is 0 Å². The summed E-state index contributed by atoms with van der Waals surface area (Å²) >= 11 is 0. The van der Waals surface area contributed by atoms with Gasteiger partial charge in [-0.25, -0.2) is 0 Å². The van der Waals surface area contributed by atoms with Crippen molar-refractivity contribution in [2.45, 2.75) is 52.7 Å². The molecule has 2 heterocycles. The summed E-state index contributed by atoms with van der Waals surface area (Å²) in [6.07, 6.45) is 0. The number of hydrogen-bond acceptors (Lipinski definition) is 14. The molecule has 2 fully saturated rings. The zero-order valence-corrected chi connectivity index (χ0v) is 31.8. The van der Waals surface area contributed by atoms with Crippen LogP contribution in [0.25, 0.3) is 0 Å². The van der Waals surface area contributed by atoms with Gasteiger partial charge in [0.2, 0.25) is 5.91 Å². The molecule has 0 atom stereocenters. The predicted octanol–water partition coefficient (Wildman–Crippen LogP) is -1.62. The van der Waals surface area contributed by atoms with E-state index in [0.717, 1.165) is 13.1 Å². The number of carbonyl (C=O) groups is 5. The van der Waals surface area contributed by atoms with Gasteiger partial charge in [0.1, 0.15) is 11.2 Å². The number of amides is 1. The highest BCUT2D eigenvalue weighted by molar-refractivity contribution is 5.78. The van der Waals surface area contributed by atoms with Crippen LogP contribution in [0.5, 0.6) is 0 Å². The number of aliphatic carboxylic acids is 2. The normalized spacial score (nSPS) is 20.2. The van der Waals surface area contributed by atoms with Crippen LogP contribution in [0, 0.1) is 0 Å². The molecule has 2 saturated heterocycles. The maximum Gasteiger partial charge on any atom is 0.320 e. The van der Waals surface area contributed by atoms with Crippen LogP contribution in [0.1, 0.15) is 41.5 Å². The molecule has 294 valence electrons. The number of hydrogen-bond donors (Lipinski definition) is 4. The summed E-state index contributed by atoms with van der Waals surface area (Å²) in [6, 6.07) is 0. The van der Waals surface area contributed by atoms with Crippen LogP contribution in [0.4, 0.5) is 0 Å². The average Bonchev–Trinajstić information content (AvgIpc) is 2.97. The molecule has 0 radical (unpaired) electrons. The number of carboxylic acids is 2. The Bertz CT molecular complexity index is 1110. The van der Waals surface area contributed by atoms with E-state index in [-0.39, 0.29) is 44.6 Å². The minimum Gasteiger partial charge on any atom is -0.480 e. The highest BCUT2D eigenvalue weighted by atomic mass is 16.6. The molecule has 2 aliphatic heterocycles. The molecule has 17 heteroatoms. The molecule has 1 amide bonds. The van der Waals surface area contributed by atoms with Crippen LogP contribution in [0.3, 0.4) is 0 Å². The molecular formula is C34H64N8O9. The van der Waals surface area contributed by atoms with Crippen LogP contribution >= 0.6 is 0 Å². The predicted molar refractivity (Wildman–Crippen MR) is 191 cm³/mol. The minimum absolute atomic E-state index is 0.00520. The van der Waals surface area contributed by atoms with Crippen LogP contribution in [-0.4, -0.2) is 218 Å². The van der Waals surface area contributed by atoms with Gasteiger partial charge in [-0.2, -0.15) is 0 Å². The van der Waals surface area contributed by atoms with E-state index in [0.29, 0.717) is 91.6 Å². The minimum atomic E-state index is -0.990. The Hall–Kier alpha value is -2.93. The first-order valence-corrected chi connectivity index (χ1v) is 18.1. The second-order valence-corrected chi connectivity index (χ2v) is 15.2. The molecule has 0 saturated carbocycles. The molecule has 4 N–H and O–H groups in total. The number of esters is 2. The third-order valence-corrected chi connectivity index (χ3v) is 8.23. The summed E-state index contributed by atoms with van der Waals surface area (Å²) in [5, 5.41) is 25.8. The molecule has 17 nitrogen and oxygen atoms in total. The lowest BCUT2D eigenvalue weighted by Gasteiger charge is -2.34. The monoisotopic (exact) mass is 728 g/mol.